The number of hydrogen-bond acceptors (Lipinski definition) is 4. The van der Waals surface area contributed by atoms with Crippen LogP contribution in [-0.2, 0) is 18.9 Å². The van der Waals surface area contributed by atoms with Crippen molar-refractivity contribution >= 4 is 0 Å². The van der Waals surface area contributed by atoms with Crippen LogP contribution in [0.4, 0.5) is 0 Å². The van der Waals surface area contributed by atoms with Crippen LogP contribution >= 0.6 is 0 Å². The molecule has 3 aliphatic rings. The Morgan fingerprint density at radius 3 is 1.33 bits per heavy atom. The molecule has 0 bridgehead atoms. The van der Waals surface area contributed by atoms with E-state index >= 15 is 0 Å². The summed E-state index contributed by atoms with van der Waals surface area (Å²) in [4.78, 5) is 2.95. The predicted molar refractivity (Wildman–Crippen MR) is 62.5 cm³/mol. The van der Waals surface area contributed by atoms with Gasteiger partial charge in [-0.05, 0) is 0 Å². The van der Waals surface area contributed by atoms with Gasteiger partial charge in [0.15, 0.2) is 0 Å². The van der Waals surface area contributed by atoms with Gasteiger partial charge in [0.25, 0.3) is 12.5 Å². The van der Waals surface area contributed by atoms with Crippen molar-refractivity contribution in [2.45, 2.75) is 12.5 Å². The Balaban J connectivity index is 1.64. The minimum atomic E-state index is 0.163. The van der Waals surface area contributed by atoms with Gasteiger partial charge in [-0.3, -0.25) is 9.80 Å². The zero-order valence-electron chi connectivity index (χ0n) is 10.9. The molecule has 0 aromatic heterocycles. The fourth-order valence-corrected chi connectivity index (χ4v) is 3.03. The maximum atomic E-state index is 6.00. The monoisotopic (exact) mass is 260 g/mol. The van der Waals surface area contributed by atoms with E-state index in [9.17, 15) is 0 Å². The van der Waals surface area contributed by atoms with E-state index in [0.717, 1.165) is 65.8 Å². The fraction of sp³-hybridized carbons (Fsp3) is 1.00. The molecule has 0 aliphatic carbocycles. The third-order valence-corrected chi connectivity index (χ3v) is 4.03. The largest absolute Gasteiger partial charge is 0.370 e. The smallest absolute Gasteiger partial charge is 0.272 e. The standard InChI is InChI=1S/C12H22N2O4/c1-5-15-6-2-13(1)11-12(18-10-9-17-11)14-3-7-16-8-4-14/h11-12H,1-10H2/p+2/t11-,12-/m1/s1. The molecule has 0 aromatic carbocycles. The highest BCUT2D eigenvalue weighted by Crippen LogP contribution is 2.01. The lowest BCUT2D eigenvalue weighted by atomic mass is 10.2. The van der Waals surface area contributed by atoms with Crippen molar-refractivity contribution < 1.29 is 28.7 Å². The Kier molecular flexibility index (Phi) is 4.45. The molecule has 0 amide bonds. The van der Waals surface area contributed by atoms with E-state index in [-0.39, 0.29) is 12.5 Å². The fourth-order valence-electron chi connectivity index (χ4n) is 3.03. The van der Waals surface area contributed by atoms with Gasteiger partial charge < -0.3 is 18.9 Å². The first kappa shape index (κ1) is 12.8. The van der Waals surface area contributed by atoms with Gasteiger partial charge in [-0.25, -0.2) is 0 Å². The molecule has 3 fully saturated rings. The molecule has 0 radical (unpaired) electrons. The summed E-state index contributed by atoms with van der Waals surface area (Å²) in [5, 5.41) is 0. The van der Waals surface area contributed by atoms with Gasteiger partial charge in [0.2, 0.25) is 0 Å². The van der Waals surface area contributed by atoms with E-state index in [0.29, 0.717) is 0 Å². The maximum absolute atomic E-state index is 6.00. The number of rotatable bonds is 2. The summed E-state index contributed by atoms with van der Waals surface area (Å²) in [6, 6.07) is 0. The Morgan fingerprint density at radius 1 is 0.556 bits per heavy atom. The summed E-state index contributed by atoms with van der Waals surface area (Å²) in [5.41, 5.74) is 0. The molecule has 104 valence electrons. The summed E-state index contributed by atoms with van der Waals surface area (Å²) in [6.07, 6.45) is 0.325. The van der Waals surface area contributed by atoms with E-state index in [2.05, 4.69) is 0 Å². The van der Waals surface area contributed by atoms with Crippen LogP contribution in [0.5, 0.6) is 0 Å². The minimum absolute atomic E-state index is 0.163. The molecule has 3 rings (SSSR count). The molecule has 6 nitrogen and oxygen atoms in total. The van der Waals surface area contributed by atoms with Gasteiger partial charge in [-0.15, -0.1) is 0 Å². The molecule has 0 spiro atoms. The number of nitrogens with one attached hydrogen (secondary N) is 2. The first-order valence-electron chi connectivity index (χ1n) is 7.03. The van der Waals surface area contributed by atoms with E-state index in [4.69, 9.17) is 18.9 Å². The van der Waals surface area contributed by atoms with Crippen molar-refractivity contribution in [1.82, 2.24) is 0 Å². The van der Waals surface area contributed by atoms with Crippen molar-refractivity contribution in [3.05, 3.63) is 0 Å². The van der Waals surface area contributed by atoms with E-state index in [1.165, 1.54) is 9.80 Å². The Bertz CT molecular complexity index is 228. The SMILES string of the molecule is C1C[NH+]([C@@H]2OCCO[C@H]2[NH+]2CCOCC2)CCO1. The molecule has 0 unspecified atom stereocenters. The molecule has 2 N–H and O–H groups in total. The second kappa shape index (κ2) is 6.27. The molecule has 0 aromatic rings. The van der Waals surface area contributed by atoms with Crippen LogP contribution in [0.3, 0.4) is 0 Å². The van der Waals surface area contributed by atoms with Gasteiger partial charge in [-0.1, -0.05) is 0 Å². The number of hydrogen-bond donors (Lipinski definition) is 2. The van der Waals surface area contributed by atoms with Crippen LogP contribution in [0.2, 0.25) is 0 Å². The minimum Gasteiger partial charge on any atom is -0.370 e. The second-order valence-electron chi connectivity index (χ2n) is 5.12. The van der Waals surface area contributed by atoms with Gasteiger partial charge in [-0.2, -0.15) is 0 Å². The predicted octanol–water partition coefficient (Wildman–Crippen LogP) is -3.48. The summed E-state index contributed by atoms with van der Waals surface area (Å²) in [6.45, 7) is 8.86. The lowest BCUT2D eigenvalue weighted by molar-refractivity contribution is -1.04. The van der Waals surface area contributed by atoms with Crippen LogP contribution in [0.1, 0.15) is 0 Å². The molecule has 3 heterocycles. The van der Waals surface area contributed by atoms with Crippen molar-refractivity contribution in [3.63, 3.8) is 0 Å². The van der Waals surface area contributed by atoms with Crippen LogP contribution in [0.25, 0.3) is 0 Å². The zero-order valence-corrected chi connectivity index (χ0v) is 10.9. The van der Waals surface area contributed by atoms with Crippen LogP contribution in [0.15, 0.2) is 0 Å². The normalized spacial score (nSPS) is 36.7. The third-order valence-electron chi connectivity index (χ3n) is 4.03. The molecule has 0 saturated carbocycles. The van der Waals surface area contributed by atoms with Gasteiger partial charge in [0.05, 0.1) is 39.6 Å². The summed E-state index contributed by atoms with van der Waals surface area (Å²) in [5.74, 6) is 0. The first-order valence-corrected chi connectivity index (χ1v) is 7.03. The quantitative estimate of drug-likeness (QED) is 0.541. The topological polar surface area (TPSA) is 45.8 Å². The summed E-state index contributed by atoms with van der Waals surface area (Å²) < 4.78 is 22.9. The van der Waals surface area contributed by atoms with Crippen LogP contribution < -0.4 is 9.80 Å². The van der Waals surface area contributed by atoms with Crippen molar-refractivity contribution in [3.8, 4) is 0 Å². The molecular weight excluding hydrogens is 236 g/mol. The molecule has 2 atom stereocenters. The maximum Gasteiger partial charge on any atom is 0.272 e. The average Bonchev–Trinajstić information content (AvgIpc) is 2.49. The van der Waals surface area contributed by atoms with E-state index in [1.807, 2.05) is 0 Å². The van der Waals surface area contributed by atoms with Crippen molar-refractivity contribution in [1.29, 1.82) is 0 Å². The van der Waals surface area contributed by atoms with Crippen LogP contribution in [0, 0.1) is 0 Å². The van der Waals surface area contributed by atoms with E-state index < -0.39 is 0 Å². The molecule has 3 saturated heterocycles. The molecular formula is C12H24N2O4+2. The third kappa shape index (κ3) is 2.84. The van der Waals surface area contributed by atoms with Crippen molar-refractivity contribution in [2.75, 3.05) is 65.8 Å². The van der Waals surface area contributed by atoms with Gasteiger partial charge in [0.1, 0.15) is 26.2 Å². The molecule has 3 aliphatic heterocycles. The van der Waals surface area contributed by atoms with Gasteiger partial charge >= 0.3 is 0 Å². The highest BCUT2D eigenvalue weighted by Gasteiger charge is 2.43. The molecule has 6 heteroatoms. The lowest BCUT2D eigenvalue weighted by Gasteiger charge is -2.41. The number of morpholine rings is 2. The van der Waals surface area contributed by atoms with Gasteiger partial charge in [0, 0.05) is 0 Å². The highest BCUT2D eigenvalue weighted by molar-refractivity contribution is 4.58. The van der Waals surface area contributed by atoms with Crippen LogP contribution in [-0.4, -0.2) is 78.3 Å². The Hall–Kier alpha value is -0.240. The Morgan fingerprint density at radius 2 is 0.944 bits per heavy atom. The van der Waals surface area contributed by atoms with E-state index in [1.54, 1.807) is 0 Å². The summed E-state index contributed by atoms with van der Waals surface area (Å²) >= 11 is 0. The Labute approximate surface area is 108 Å². The van der Waals surface area contributed by atoms with Crippen molar-refractivity contribution in [2.24, 2.45) is 0 Å². The highest BCUT2D eigenvalue weighted by atomic mass is 16.6. The first-order chi connectivity index (χ1) is 8.95. The zero-order chi connectivity index (χ0) is 12.2. The number of ether oxygens (including phenoxy) is 4. The lowest BCUT2D eigenvalue weighted by Crippen LogP contribution is -3.28. The second-order valence-corrected chi connectivity index (χ2v) is 5.12. The number of quaternary nitrogens is 2. The summed E-state index contributed by atoms with van der Waals surface area (Å²) in [7, 11) is 0. The average molecular weight is 260 g/mol. The molecule has 18 heavy (non-hydrogen) atoms.